The lowest BCUT2D eigenvalue weighted by Crippen LogP contribution is -2.37. The molecule has 1 atom stereocenters. The number of rotatable bonds is 5. The van der Waals surface area contributed by atoms with Crippen LogP contribution in [0.5, 0.6) is 0 Å². The maximum Gasteiger partial charge on any atom is 0.156 e. The molecule has 28 heavy (non-hydrogen) atoms. The van der Waals surface area contributed by atoms with E-state index in [-0.39, 0.29) is 6.61 Å². The summed E-state index contributed by atoms with van der Waals surface area (Å²) in [7, 11) is 2.07. The number of aliphatic hydroxyl groups is 2. The minimum atomic E-state index is -0.770. The molecule has 0 amide bonds. The van der Waals surface area contributed by atoms with Crippen LogP contribution in [0.1, 0.15) is 29.5 Å². The van der Waals surface area contributed by atoms with Gasteiger partial charge < -0.3 is 19.7 Å². The van der Waals surface area contributed by atoms with Crippen molar-refractivity contribution in [3.8, 4) is 0 Å². The molecule has 5 heteroatoms. The molecule has 0 bridgehead atoms. The molecule has 0 radical (unpaired) electrons. The SMILES string of the molecule is Cc1c(/C=C/C2=Nc3ccccc3C(O)N2CCCO)c2ccccc2n1C. The van der Waals surface area contributed by atoms with Gasteiger partial charge in [-0.25, -0.2) is 4.99 Å². The Morgan fingerprint density at radius 3 is 2.64 bits per heavy atom. The Kier molecular flexibility index (Phi) is 5.03. The number of hydrogen-bond acceptors (Lipinski definition) is 4. The predicted octanol–water partition coefficient (Wildman–Crippen LogP) is 3.92. The second kappa shape index (κ2) is 7.62. The molecule has 1 unspecified atom stereocenters. The lowest BCUT2D eigenvalue weighted by Gasteiger charge is -2.34. The van der Waals surface area contributed by atoms with Gasteiger partial charge in [0.15, 0.2) is 6.23 Å². The van der Waals surface area contributed by atoms with Crippen LogP contribution >= 0.6 is 0 Å². The minimum absolute atomic E-state index is 0.0737. The highest BCUT2D eigenvalue weighted by Gasteiger charge is 2.26. The number of nitrogens with zero attached hydrogens (tertiary/aromatic N) is 3. The summed E-state index contributed by atoms with van der Waals surface area (Å²) in [5, 5.41) is 21.3. The highest BCUT2D eigenvalue weighted by Crippen LogP contribution is 2.34. The summed E-state index contributed by atoms with van der Waals surface area (Å²) in [4.78, 5) is 6.61. The minimum Gasteiger partial charge on any atom is -0.396 e. The number of amidine groups is 1. The number of aromatic nitrogens is 1. The maximum atomic E-state index is 10.9. The van der Waals surface area contributed by atoms with E-state index in [1.165, 1.54) is 16.6 Å². The van der Waals surface area contributed by atoms with E-state index < -0.39 is 6.23 Å². The van der Waals surface area contributed by atoms with Crippen LogP contribution in [0.25, 0.3) is 17.0 Å². The van der Waals surface area contributed by atoms with E-state index in [4.69, 9.17) is 4.99 Å². The van der Waals surface area contributed by atoms with Crippen molar-refractivity contribution < 1.29 is 10.2 Å². The van der Waals surface area contributed by atoms with E-state index in [2.05, 4.69) is 36.7 Å². The number of aryl methyl sites for hydroxylation is 1. The molecular weight excluding hydrogens is 350 g/mol. The highest BCUT2D eigenvalue weighted by atomic mass is 16.3. The van der Waals surface area contributed by atoms with Crippen LogP contribution in [0, 0.1) is 6.92 Å². The van der Waals surface area contributed by atoms with Gasteiger partial charge in [0, 0.05) is 47.9 Å². The zero-order valence-electron chi connectivity index (χ0n) is 16.2. The molecule has 3 aromatic rings. The third-order valence-electron chi connectivity index (χ3n) is 5.44. The molecule has 0 saturated heterocycles. The molecule has 1 aromatic heterocycles. The molecule has 0 aliphatic carbocycles. The zero-order chi connectivity index (χ0) is 19.7. The van der Waals surface area contributed by atoms with Gasteiger partial charge in [-0.3, -0.25) is 0 Å². The number of benzene rings is 2. The Hall–Kier alpha value is -2.89. The van der Waals surface area contributed by atoms with Crippen molar-refractivity contribution in [1.29, 1.82) is 0 Å². The first-order chi connectivity index (χ1) is 13.6. The Morgan fingerprint density at radius 2 is 1.82 bits per heavy atom. The average Bonchev–Trinajstić information content (AvgIpc) is 2.96. The van der Waals surface area contributed by atoms with Crippen molar-refractivity contribution in [1.82, 2.24) is 9.47 Å². The van der Waals surface area contributed by atoms with Gasteiger partial charge in [0.25, 0.3) is 0 Å². The first kappa shape index (κ1) is 18.5. The number of para-hydroxylation sites is 2. The van der Waals surface area contributed by atoms with Crippen LogP contribution in [-0.2, 0) is 7.05 Å². The maximum absolute atomic E-state index is 10.9. The smallest absolute Gasteiger partial charge is 0.156 e. The zero-order valence-corrected chi connectivity index (χ0v) is 16.2. The first-order valence-corrected chi connectivity index (χ1v) is 9.57. The molecule has 2 heterocycles. The summed E-state index contributed by atoms with van der Waals surface area (Å²) >= 11 is 0. The van der Waals surface area contributed by atoms with Gasteiger partial charge in [-0.1, -0.05) is 36.4 Å². The largest absolute Gasteiger partial charge is 0.396 e. The fourth-order valence-corrected chi connectivity index (χ4v) is 3.82. The van der Waals surface area contributed by atoms with Gasteiger partial charge in [0.05, 0.1) is 5.69 Å². The van der Waals surface area contributed by atoms with E-state index in [0.717, 1.165) is 16.8 Å². The standard InChI is InChI=1S/C23H25N3O2/c1-16-17(18-8-4-6-11-21(18)25(16)2)12-13-22-24-20-10-5-3-9-19(20)23(28)26(22)14-7-15-27/h3-6,8-13,23,27-28H,7,14-15H2,1-2H3/b13-12+. The van der Waals surface area contributed by atoms with Crippen molar-refractivity contribution in [2.45, 2.75) is 19.6 Å². The van der Waals surface area contributed by atoms with Gasteiger partial charge >= 0.3 is 0 Å². The van der Waals surface area contributed by atoms with Crippen LogP contribution in [0.2, 0.25) is 0 Å². The van der Waals surface area contributed by atoms with Crippen LogP contribution in [0.4, 0.5) is 5.69 Å². The van der Waals surface area contributed by atoms with Gasteiger partial charge in [0.1, 0.15) is 5.84 Å². The molecule has 2 N–H and O–H groups in total. The number of hydrogen-bond donors (Lipinski definition) is 2. The highest BCUT2D eigenvalue weighted by molar-refractivity contribution is 6.02. The third-order valence-corrected chi connectivity index (χ3v) is 5.44. The monoisotopic (exact) mass is 375 g/mol. The van der Waals surface area contributed by atoms with Crippen LogP contribution in [0.15, 0.2) is 59.6 Å². The van der Waals surface area contributed by atoms with Crippen molar-refractivity contribution in [3.05, 3.63) is 71.4 Å². The molecule has 2 aromatic carbocycles. The molecule has 1 aliphatic rings. The van der Waals surface area contributed by atoms with E-state index in [9.17, 15) is 10.2 Å². The van der Waals surface area contributed by atoms with Crippen LogP contribution in [0.3, 0.4) is 0 Å². The van der Waals surface area contributed by atoms with Crippen molar-refractivity contribution in [3.63, 3.8) is 0 Å². The molecule has 5 nitrogen and oxygen atoms in total. The summed E-state index contributed by atoms with van der Waals surface area (Å²) in [6.07, 6.45) is 3.84. The number of aliphatic hydroxyl groups excluding tert-OH is 2. The molecular formula is C23H25N3O2. The second-order valence-electron chi connectivity index (χ2n) is 7.08. The van der Waals surface area contributed by atoms with E-state index in [1.807, 2.05) is 47.4 Å². The van der Waals surface area contributed by atoms with E-state index in [1.54, 1.807) is 0 Å². The summed E-state index contributed by atoms with van der Waals surface area (Å²) < 4.78 is 2.19. The average molecular weight is 375 g/mol. The molecule has 4 rings (SSSR count). The van der Waals surface area contributed by atoms with Crippen LogP contribution in [-0.4, -0.2) is 38.7 Å². The quantitative estimate of drug-likeness (QED) is 0.711. The second-order valence-corrected chi connectivity index (χ2v) is 7.08. The molecule has 0 saturated carbocycles. The Labute approximate surface area is 164 Å². The predicted molar refractivity (Wildman–Crippen MR) is 114 cm³/mol. The summed E-state index contributed by atoms with van der Waals surface area (Å²) in [5.74, 6) is 0.701. The molecule has 0 spiro atoms. The van der Waals surface area contributed by atoms with E-state index in [0.29, 0.717) is 18.8 Å². The molecule has 0 fully saturated rings. The topological polar surface area (TPSA) is 61.0 Å². The molecule has 144 valence electrons. The van der Waals surface area contributed by atoms with Crippen molar-refractivity contribution >= 4 is 28.5 Å². The Morgan fingerprint density at radius 1 is 1.07 bits per heavy atom. The van der Waals surface area contributed by atoms with Gasteiger partial charge in [-0.05, 0) is 37.6 Å². The lowest BCUT2D eigenvalue weighted by molar-refractivity contribution is 0.0477. The first-order valence-electron chi connectivity index (χ1n) is 9.57. The van der Waals surface area contributed by atoms with Crippen molar-refractivity contribution in [2.75, 3.05) is 13.2 Å². The molecule has 1 aliphatic heterocycles. The summed E-state index contributed by atoms with van der Waals surface area (Å²) in [5.41, 5.74) is 5.09. The Bertz CT molecular complexity index is 1060. The van der Waals surface area contributed by atoms with Gasteiger partial charge in [0.2, 0.25) is 0 Å². The van der Waals surface area contributed by atoms with Gasteiger partial charge in [-0.2, -0.15) is 0 Å². The fraction of sp³-hybridized carbons (Fsp3) is 0.261. The van der Waals surface area contributed by atoms with Gasteiger partial charge in [-0.15, -0.1) is 0 Å². The van der Waals surface area contributed by atoms with Crippen molar-refractivity contribution in [2.24, 2.45) is 12.0 Å². The Balaban J connectivity index is 1.77. The normalized spacial score (nSPS) is 16.6. The number of aliphatic imine (C=N–C) groups is 1. The lowest BCUT2D eigenvalue weighted by atomic mass is 10.1. The summed E-state index contributed by atoms with van der Waals surface area (Å²) in [6, 6.07) is 16.0. The fourth-order valence-electron chi connectivity index (χ4n) is 3.82. The number of fused-ring (bicyclic) bond motifs is 2. The van der Waals surface area contributed by atoms with E-state index >= 15 is 0 Å². The van der Waals surface area contributed by atoms with Crippen LogP contribution < -0.4 is 0 Å². The summed E-state index contributed by atoms with van der Waals surface area (Å²) in [6.45, 7) is 2.71. The third kappa shape index (κ3) is 3.13.